The predicted octanol–water partition coefficient (Wildman–Crippen LogP) is 4.70. The normalized spacial score (nSPS) is 11.9. The molecule has 0 saturated heterocycles. The molecule has 1 unspecified atom stereocenters. The number of carboxylic acid groups (broad SMARTS) is 1. The van der Waals surface area contributed by atoms with Crippen molar-refractivity contribution in [2.75, 3.05) is 77.4 Å². The van der Waals surface area contributed by atoms with Gasteiger partial charge in [-0.2, -0.15) is 9.82 Å². The predicted molar refractivity (Wildman–Crippen MR) is 276 cm³/mol. The van der Waals surface area contributed by atoms with E-state index in [0.717, 1.165) is 51.8 Å². The van der Waals surface area contributed by atoms with Crippen LogP contribution >= 0.6 is 0 Å². The van der Waals surface area contributed by atoms with Gasteiger partial charge in [-0.25, -0.2) is 31.3 Å². The first-order chi connectivity index (χ1) is 35.1. The largest absolute Gasteiger partial charge is 0.480 e. The first-order valence-corrected chi connectivity index (χ1v) is 26.9. The summed E-state index contributed by atoms with van der Waals surface area (Å²) in [4.78, 5) is 40.5. The van der Waals surface area contributed by atoms with Crippen molar-refractivity contribution in [3.8, 4) is 11.1 Å². The van der Waals surface area contributed by atoms with E-state index in [4.69, 9.17) is 18.9 Å². The standard InChI is InChI=1S/C31H33N7O5S.C19H32N2O7S/c1-21-4-6-22(7-5-21)23-8-11-26(12-9-23)44(42,43)36-27(30(40)41)20-34-29(39)24-10-13-28-25(18-24)19-35-38(28)16-3-14-32-31-33-15-17-37(31)2;1-29(23,24)21-10-6-12-26-14-16-27-15-13-25-11-5-9-20-19(22)28-17-18-7-3-2-4-8-18/h4-13,15,17-19,27,36H,3,14,16,20H2,1-2H3,(H,32,33)(H,34,39)(H,40,41);2-4,7-8,21H,5-6,9-17H2,1H3,(H,20,22). The van der Waals surface area contributed by atoms with E-state index in [-0.39, 0.29) is 11.5 Å². The summed E-state index contributed by atoms with van der Waals surface area (Å²) in [7, 11) is -5.39. The maximum atomic E-state index is 13.0. The lowest BCUT2D eigenvalue weighted by molar-refractivity contribution is -0.138. The average molecular weight is 1050 g/mol. The van der Waals surface area contributed by atoms with Crippen LogP contribution in [-0.4, -0.2) is 137 Å². The van der Waals surface area contributed by atoms with E-state index in [9.17, 15) is 36.3 Å². The lowest BCUT2D eigenvalue weighted by Crippen LogP contribution is -2.48. The Labute approximate surface area is 426 Å². The number of rotatable bonds is 30. The summed E-state index contributed by atoms with van der Waals surface area (Å²) < 4.78 is 77.2. The first kappa shape index (κ1) is 57.2. The number of carbonyl (C=O) groups excluding carboxylic acids is 2. The molecule has 2 amide bonds. The molecule has 0 aliphatic heterocycles. The molecule has 6 aromatic rings. The SMILES string of the molecule is CS(=O)(=O)NCCCOCCOCCOCCCNC(=O)OCc1ccccc1.Cc1ccc(-c2ccc(S(=O)(=O)NC(CNC(=O)c3ccc4c(cnn4CCCNc4nccn4C)c3)C(=O)O)cc2)cc1. The molecule has 6 rings (SSSR count). The highest BCUT2D eigenvalue weighted by molar-refractivity contribution is 7.89. The number of nitrogens with zero attached hydrogens (tertiary/aromatic N) is 4. The minimum atomic E-state index is -4.18. The number of amides is 2. The molecule has 2 heterocycles. The van der Waals surface area contributed by atoms with E-state index in [0.29, 0.717) is 84.2 Å². The van der Waals surface area contributed by atoms with Crippen molar-refractivity contribution < 1.29 is 55.3 Å². The first-order valence-electron chi connectivity index (χ1n) is 23.6. The van der Waals surface area contributed by atoms with Crippen LogP contribution in [0.1, 0.15) is 40.7 Å². The summed E-state index contributed by atoms with van der Waals surface area (Å²) in [5.74, 6) is -1.16. The second kappa shape index (κ2) is 29.7. The number of hydrogen-bond acceptors (Lipinski definition) is 14. The fraction of sp³-hybridized carbons (Fsp3) is 0.380. The van der Waals surface area contributed by atoms with Gasteiger partial charge in [0, 0.05) is 76.3 Å². The fourth-order valence-corrected chi connectivity index (χ4v) is 8.49. The monoisotopic (exact) mass is 1050 g/mol. The molecule has 2 aromatic heterocycles. The number of sulfonamides is 2. The van der Waals surface area contributed by atoms with Crippen LogP contribution in [0.5, 0.6) is 0 Å². The zero-order valence-electron chi connectivity index (χ0n) is 41.2. The van der Waals surface area contributed by atoms with Crippen LogP contribution in [-0.2, 0) is 64.0 Å². The Hall–Kier alpha value is -6.73. The highest BCUT2D eigenvalue weighted by atomic mass is 32.2. The van der Waals surface area contributed by atoms with Crippen LogP contribution in [0.3, 0.4) is 0 Å². The summed E-state index contributed by atoms with van der Waals surface area (Å²) in [5, 5.41) is 23.3. The Morgan fingerprint density at radius 2 is 1.40 bits per heavy atom. The maximum absolute atomic E-state index is 13.0. The molecule has 394 valence electrons. The van der Waals surface area contributed by atoms with Crippen molar-refractivity contribution in [3.63, 3.8) is 0 Å². The van der Waals surface area contributed by atoms with Crippen molar-refractivity contribution in [2.24, 2.45) is 7.05 Å². The molecular weight excluding hydrogens is 983 g/mol. The second-order valence-electron chi connectivity index (χ2n) is 16.6. The summed E-state index contributed by atoms with van der Waals surface area (Å²) in [5.41, 5.74) is 4.96. The van der Waals surface area contributed by atoms with Crippen molar-refractivity contribution in [2.45, 2.75) is 50.3 Å². The van der Waals surface area contributed by atoms with Gasteiger partial charge >= 0.3 is 12.1 Å². The van der Waals surface area contributed by atoms with Crippen LogP contribution in [0.15, 0.2) is 121 Å². The zero-order valence-corrected chi connectivity index (χ0v) is 42.8. The van der Waals surface area contributed by atoms with Crippen molar-refractivity contribution in [3.05, 3.63) is 132 Å². The molecule has 21 nitrogen and oxygen atoms in total. The van der Waals surface area contributed by atoms with Gasteiger partial charge in [0.2, 0.25) is 26.0 Å². The number of fused-ring (bicyclic) bond motifs is 1. The summed E-state index contributed by atoms with van der Waals surface area (Å²) in [6, 6.07) is 26.9. The number of aliphatic carboxylic acids is 1. The number of benzene rings is 4. The summed E-state index contributed by atoms with van der Waals surface area (Å²) in [6.07, 6.45) is 8.04. The van der Waals surface area contributed by atoms with E-state index in [1.807, 2.05) is 84.0 Å². The minimum absolute atomic E-state index is 0.0826. The molecule has 1 atom stereocenters. The highest BCUT2D eigenvalue weighted by Gasteiger charge is 2.26. The van der Waals surface area contributed by atoms with Gasteiger partial charge in [-0.15, -0.1) is 0 Å². The number of carboxylic acids is 1. The van der Waals surface area contributed by atoms with Gasteiger partial charge in [0.25, 0.3) is 5.91 Å². The van der Waals surface area contributed by atoms with Gasteiger partial charge in [0.1, 0.15) is 12.6 Å². The van der Waals surface area contributed by atoms with E-state index in [1.54, 1.807) is 42.7 Å². The van der Waals surface area contributed by atoms with Crippen molar-refractivity contribution in [1.82, 2.24) is 39.4 Å². The number of carbonyl (C=O) groups is 3. The van der Waals surface area contributed by atoms with Crippen LogP contribution in [0.25, 0.3) is 22.0 Å². The topological polar surface area (TPSA) is 272 Å². The van der Waals surface area contributed by atoms with Crippen LogP contribution in [0.2, 0.25) is 0 Å². The number of imidazole rings is 1. The number of ether oxygens (including phenoxy) is 4. The van der Waals surface area contributed by atoms with Crippen LogP contribution in [0, 0.1) is 6.92 Å². The number of anilines is 1. The number of aromatic nitrogens is 4. The zero-order chi connectivity index (χ0) is 52.5. The quantitative estimate of drug-likeness (QED) is 0.0334. The maximum Gasteiger partial charge on any atom is 0.407 e. The third-order valence-corrected chi connectivity index (χ3v) is 12.9. The van der Waals surface area contributed by atoms with Gasteiger partial charge in [0.15, 0.2) is 0 Å². The fourth-order valence-electron chi connectivity index (χ4n) is 6.79. The molecule has 0 aliphatic rings. The molecule has 0 radical (unpaired) electrons. The Kier molecular flexibility index (Phi) is 23.3. The summed E-state index contributed by atoms with van der Waals surface area (Å²) in [6.45, 7) is 6.83. The molecule has 73 heavy (non-hydrogen) atoms. The molecule has 0 fully saturated rings. The van der Waals surface area contributed by atoms with E-state index in [2.05, 4.69) is 35.5 Å². The molecule has 0 spiro atoms. The molecule has 0 saturated carbocycles. The summed E-state index contributed by atoms with van der Waals surface area (Å²) >= 11 is 0. The van der Waals surface area contributed by atoms with Gasteiger partial charge in [0.05, 0.1) is 49.3 Å². The smallest absolute Gasteiger partial charge is 0.407 e. The number of aryl methyl sites for hydroxylation is 3. The minimum Gasteiger partial charge on any atom is -0.480 e. The Morgan fingerprint density at radius 1 is 0.753 bits per heavy atom. The number of alkyl carbamates (subject to hydrolysis) is 1. The van der Waals surface area contributed by atoms with E-state index < -0.39 is 50.6 Å². The molecule has 4 aromatic carbocycles. The van der Waals surface area contributed by atoms with E-state index >= 15 is 0 Å². The van der Waals surface area contributed by atoms with Crippen LogP contribution in [0.4, 0.5) is 10.7 Å². The van der Waals surface area contributed by atoms with Gasteiger partial charge in [-0.1, -0.05) is 72.3 Å². The Morgan fingerprint density at radius 3 is 2.03 bits per heavy atom. The molecule has 23 heteroatoms. The molecule has 0 bridgehead atoms. The van der Waals surface area contributed by atoms with Crippen molar-refractivity contribution in [1.29, 1.82) is 0 Å². The molecule has 6 N–H and O–H groups in total. The molecule has 0 aliphatic carbocycles. The lowest BCUT2D eigenvalue weighted by atomic mass is 10.0. The lowest BCUT2D eigenvalue weighted by Gasteiger charge is -2.16. The van der Waals surface area contributed by atoms with Gasteiger partial charge in [-0.05, 0) is 73.2 Å². The molecular formula is C50H65N9O12S2. The number of nitrogens with one attached hydrogen (secondary N) is 5. The second-order valence-corrected chi connectivity index (χ2v) is 20.1. The third-order valence-electron chi connectivity index (χ3n) is 10.7. The van der Waals surface area contributed by atoms with Crippen molar-refractivity contribution >= 4 is 54.9 Å². The number of hydrogen-bond donors (Lipinski definition) is 6. The van der Waals surface area contributed by atoms with Gasteiger partial charge < -0.3 is 44.6 Å². The van der Waals surface area contributed by atoms with Gasteiger partial charge in [-0.3, -0.25) is 14.3 Å². The Bertz CT molecular complexity index is 2860. The highest BCUT2D eigenvalue weighted by Crippen LogP contribution is 2.22. The van der Waals surface area contributed by atoms with E-state index in [1.165, 1.54) is 12.1 Å². The average Bonchev–Trinajstić information content (AvgIpc) is 3.99. The Balaban J connectivity index is 0.000000297. The third kappa shape index (κ3) is 20.7. The van der Waals surface area contributed by atoms with Crippen LogP contribution < -0.4 is 25.4 Å².